The second kappa shape index (κ2) is 7.96. The van der Waals surface area contributed by atoms with Crippen LogP contribution in [0.25, 0.3) is 11.2 Å². The molecule has 2 aliphatic rings. The molecule has 3 heterocycles. The maximum atomic E-state index is 13.0. The molecule has 1 saturated heterocycles. The van der Waals surface area contributed by atoms with Crippen molar-refractivity contribution in [3.63, 3.8) is 0 Å². The highest BCUT2D eigenvalue weighted by atomic mass is 16.5. The van der Waals surface area contributed by atoms with Crippen LogP contribution in [0.5, 0.6) is 6.01 Å². The van der Waals surface area contributed by atoms with Crippen molar-refractivity contribution in [2.24, 2.45) is 20.0 Å². The Labute approximate surface area is 184 Å². The molecule has 0 bridgehead atoms. The topological polar surface area (TPSA) is 91.4 Å². The van der Waals surface area contributed by atoms with Crippen LogP contribution in [0.1, 0.15) is 31.2 Å². The van der Waals surface area contributed by atoms with Crippen molar-refractivity contribution in [2.75, 3.05) is 13.1 Å². The fraction of sp³-hybridized carbons (Fsp3) is 0.478. The van der Waals surface area contributed by atoms with E-state index in [9.17, 15) is 14.4 Å². The van der Waals surface area contributed by atoms with Gasteiger partial charge >= 0.3 is 5.69 Å². The van der Waals surface area contributed by atoms with E-state index in [2.05, 4.69) is 4.98 Å². The average Bonchev–Trinajstić information content (AvgIpc) is 3.61. The molecule has 0 atom stereocenters. The maximum Gasteiger partial charge on any atom is 0.332 e. The number of carbonyl (C=O) groups is 1. The second-order valence-corrected chi connectivity index (χ2v) is 8.76. The van der Waals surface area contributed by atoms with Crippen molar-refractivity contribution in [2.45, 2.75) is 38.3 Å². The van der Waals surface area contributed by atoms with E-state index < -0.39 is 11.2 Å². The smallest absolute Gasteiger partial charge is 0.332 e. The first-order chi connectivity index (χ1) is 15.4. The van der Waals surface area contributed by atoms with Crippen molar-refractivity contribution >= 4 is 17.1 Å². The number of likely N-dealkylation sites (tertiary alicyclic amines) is 1. The molecule has 1 aliphatic heterocycles. The molecule has 1 saturated carbocycles. The average molecular weight is 438 g/mol. The normalized spacial score (nSPS) is 17.1. The third-order valence-electron chi connectivity index (χ3n) is 6.45. The molecule has 9 heteroatoms. The molecule has 1 amide bonds. The van der Waals surface area contributed by atoms with Crippen LogP contribution in [-0.2, 0) is 25.4 Å². The Kier molecular flexibility index (Phi) is 5.11. The zero-order valence-electron chi connectivity index (χ0n) is 18.4. The highest BCUT2D eigenvalue weighted by Crippen LogP contribution is 2.32. The number of fused-ring (bicyclic) bond motifs is 1. The number of rotatable bonds is 5. The molecule has 2 fully saturated rings. The van der Waals surface area contributed by atoms with Crippen LogP contribution in [-0.4, -0.2) is 48.7 Å². The van der Waals surface area contributed by atoms with Crippen LogP contribution in [0.4, 0.5) is 0 Å². The van der Waals surface area contributed by atoms with Crippen LogP contribution < -0.4 is 16.0 Å². The lowest BCUT2D eigenvalue weighted by Gasteiger charge is -2.32. The number of hydrogen-bond acceptors (Lipinski definition) is 5. The third-order valence-corrected chi connectivity index (χ3v) is 6.45. The molecule has 0 unspecified atom stereocenters. The van der Waals surface area contributed by atoms with E-state index in [-0.39, 0.29) is 17.9 Å². The van der Waals surface area contributed by atoms with Gasteiger partial charge in [0.05, 0.1) is 6.54 Å². The predicted molar refractivity (Wildman–Crippen MR) is 119 cm³/mol. The molecule has 2 aromatic heterocycles. The Morgan fingerprint density at radius 2 is 1.72 bits per heavy atom. The summed E-state index contributed by atoms with van der Waals surface area (Å²) in [6.45, 7) is 1.73. The number of ether oxygens (including phenoxy) is 1. The van der Waals surface area contributed by atoms with E-state index in [1.54, 1.807) is 11.6 Å². The van der Waals surface area contributed by atoms with Gasteiger partial charge in [-0.25, -0.2) is 4.79 Å². The monoisotopic (exact) mass is 437 g/mol. The molecule has 1 aliphatic carbocycles. The van der Waals surface area contributed by atoms with Gasteiger partial charge < -0.3 is 9.64 Å². The van der Waals surface area contributed by atoms with Gasteiger partial charge in [-0.3, -0.25) is 23.3 Å². The highest BCUT2D eigenvalue weighted by molar-refractivity contribution is 5.81. The summed E-state index contributed by atoms with van der Waals surface area (Å²) in [7, 11) is 3.08. The van der Waals surface area contributed by atoms with E-state index in [1.165, 1.54) is 11.6 Å². The Bertz CT molecular complexity index is 1280. The molecule has 0 spiro atoms. The van der Waals surface area contributed by atoms with Gasteiger partial charge in [0.2, 0.25) is 5.91 Å². The van der Waals surface area contributed by atoms with E-state index in [1.807, 2.05) is 35.2 Å². The molecule has 0 N–H and O–H groups in total. The van der Waals surface area contributed by atoms with Gasteiger partial charge in [-0.05, 0) is 18.4 Å². The number of hydrogen-bond donors (Lipinski definition) is 0. The lowest BCUT2D eigenvalue weighted by molar-refractivity contribution is -0.134. The van der Waals surface area contributed by atoms with E-state index in [0.717, 1.165) is 23.0 Å². The number of imidazole rings is 1. The van der Waals surface area contributed by atoms with Crippen LogP contribution in [0, 0.1) is 5.92 Å². The molecule has 9 nitrogen and oxygen atoms in total. The number of aromatic nitrogens is 4. The minimum absolute atomic E-state index is 0.106. The highest BCUT2D eigenvalue weighted by Gasteiger charge is 2.35. The quantitative estimate of drug-likeness (QED) is 0.599. The first-order valence-corrected chi connectivity index (χ1v) is 11.1. The summed E-state index contributed by atoms with van der Waals surface area (Å²) in [5.74, 6) is 0.485. The van der Waals surface area contributed by atoms with Gasteiger partial charge in [-0.1, -0.05) is 30.3 Å². The lowest BCUT2D eigenvalue weighted by Crippen LogP contribution is -2.42. The summed E-state index contributed by atoms with van der Waals surface area (Å²) in [5.41, 5.74) is 0.828. The zero-order valence-corrected chi connectivity index (χ0v) is 18.4. The lowest BCUT2D eigenvalue weighted by atomic mass is 10.1. The summed E-state index contributed by atoms with van der Waals surface area (Å²) < 4.78 is 10.5. The van der Waals surface area contributed by atoms with E-state index in [4.69, 9.17) is 4.74 Å². The Morgan fingerprint density at radius 3 is 2.38 bits per heavy atom. The number of nitrogens with zero attached hydrogens (tertiary/aromatic N) is 5. The summed E-state index contributed by atoms with van der Waals surface area (Å²) in [4.78, 5) is 44.3. The maximum absolute atomic E-state index is 13.0. The third kappa shape index (κ3) is 3.61. The fourth-order valence-electron chi connectivity index (χ4n) is 4.36. The number of carbonyl (C=O) groups excluding carboxylic acids is 1. The van der Waals surface area contributed by atoms with Crippen LogP contribution in [0.15, 0.2) is 39.9 Å². The first-order valence-electron chi connectivity index (χ1n) is 11.1. The molecule has 5 rings (SSSR count). The minimum Gasteiger partial charge on any atom is -0.461 e. The van der Waals surface area contributed by atoms with Crippen molar-refractivity contribution < 1.29 is 9.53 Å². The molecule has 168 valence electrons. The number of benzene rings is 1. The van der Waals surface area contributed by atoms with Gasteiger partial charge in [-0.2, -0.15) is 4.98 Å². The van der Waals surface area contributed by atoms with E-state index >= 15 is 0 Å². The van der Waals surface area contributed by atoms with Gasteiger partial charge in [0.15, 0.2) is 11.2 Å². The Balaban J connectivity index is 1.48. The van der Waals surface area contributed by atoms with Crippen LogP contribution in [0.3, 0.4) is 0 Å². The first kappa shape index (κ1) is 20.5. The summed E-state index contributed by atoms with van der Waals surface area (Å²) in [6, 6.07) is 10.1. The minimum atomic E-state index is -0.426. The molecular weight excluding hydrogens is 410 g/mol. The summed E-state index contributed by atoms with van der Waals surface area (Å²) in [6.07, 6.45) is 3.33. The standard InChI is InChI=1S/C23H27N5O4/c1-25-19-18(21(30)26(2)23(25)31)28(14-15-6-4-3-5-7-15)22(24-19)32-17-10-12-27(13-11-17)20(29)16-8-9-16/h3-7,16-17H,8-14H2,1-2H3. The van der Waals surface area contributed by atoms with Crippen molar-refractivity contribution in [1.82, 2.24) is 23.6 Å². The molecule has 32 heavy (non-hydrogen) atoms. The molecule has 0 radical (unpaired) electrons. The molecule has 3 aromatic rings. The fourth-order valence-corrected chi connectivity index (χ4v) is 4.36. The number of amides is 1. The second-order valence-electron chi connectivity index (χ2n) is 8.76. The number of piperidine rings is 1. The summed E-state index contributed by atoms with van der Waals surface area (Å²) in [5, 5.41) is 0. The van der Waals surface area contributed by atoms with Crippen LogP contribution in [0.2, 0.25) is 0 Å². The van der Waals surface area contributed by atoms with Crippen LogP contribution >= 0.6 is 0 Å². The SMILES string of the molecule is Cn1c(=O)c2c(nc(OC3CCN(C(=O)C4CC4)CC3)n2Cc2ccccc2)n(C)c1=O. The van der Waals surface area contributed by atoms with Gasteiger partial charge in [-0.15, -0.1) is 0 Å². The Morgan fingerprint density at radius 1 is 1.03 bits per heavy atom. The zero-order chi connectivity index (χ0) is 22.4. The Hall–Kier alpha value is -3.36. The summed E-state index contributed by atoms with van der Waals surface area (Å²) >= 11 is 0. The molecule has 1 aromatic carbocycles. The van der Waals surface area contributed by atoms with Gasteiger partial charge in [0.1, 0.15) is 6.10 Å². The number of aryl methyl sites for hydroxylation is 1. The predicted octanol–water partition coefficient (Wildman–Crippen LogP) is 1.26. The van der Waals surface area contributed by atoms with Crippen molar-refractivity contribution in [3.05, 3.63) is 56.7 Å². The largest absolute Gasteiger partial charge is 0.461 e. The van der Waals surface area contributed by atoms with E-state index in [0.29, 0.717) is 49.7 Å². The molecular formula is C23H27N5O4. The van der Waals surface area contributed by atoms with Gasteiger partial charge in [0.25, 0.3) is 11.6 Å². The van der Waals surface area contributed by atoms with Gasteiger partial charge in [0, 0.05) is 45.9 Å². The van der Waals surface area contributed by atoms with Crippen molar-refractivity contribution in [1.29, 1.82) is 0 Å². The van der Waals surface area contributed by atoms with Crippen molar-refractivity contribution in [3.8, 4) is 6.01 Å².